The molecule has 134 valence electrons. The van der Waals surface area contributed by atoms with E-state index in [4.69, 9.17) is 23.2 Å². The van der Waals surface area contributed by atoms with Crippen LogP contribution in [0.3, 0.4) is 0 Å². The first-order valence-corrected chi connectivity index (χ1v) is 8.83. The summed E-state index contributed by atoms with van der Waals surface area (Å²) in [5.41, 5.74) is 1.57. The third-order valence-electron chi connectivity index (χ3n) is 4.26. The Kier molecular flexibility index (Phi) is 5.30. The van der Waals surface area contributed by atoms with Gasteiger partial charge in [0.1, 0.15) is 0 Å². The van der Waals surface area contributed by atoms with E-state index < -0.39 is 0 Å². The molecule has 0 radical (unpaired) electrons. The van der Waals surface area contributed by atoms with Gasteiger partial charge in [-0.1, -0.05) is 41.4 Å². The zero-order chi connectivity index (χ0) is 18.8. The molecule has 0 bridgehead atoms. The number of amides is 3. The average molecular weight is 391 g/mol. The Hall–Kier alpha value is -2.37. The summed E-state index contributed by atoms with van der Waals surface area (Å²) in [5.74, 6) is -0.994. The van der Waals surface area contributed by atoms with Crippen molar-refractivity contribution in [2.45, 2.75) is 19.4 Å². The maximum absolute atomic E-state index is 12.3. The minimum absolute atomic E-state index is 0.0249. The quantitative estimate of drug-likeness (QED) is 0.788. The summed E-state index contributed by atoms with van der Waals surface area (Å²) in [6.07, 6.45) is 0.0249. The standard InChI is InChI=1S/C19H16Cl2N2O3/c1-11(12-6-7-15(20)16(21)10-12)22-17(24)8-9-23-18(25)13-4-2-3-5-14(13)19(23)26/h2-7,10-11H,8-9H2,1H3,(H,22,24)/t11-/m0/s1. The van der Waals surface area contributed by atoms with Crippen LogP contribution < -0.4 is 5.32 Å². The molecule has 3 amide bonds. The summed E-state index contributed by atoms with van der Waals surface area (Å²) in [6.45, 7) is 1.85. The number of benzene rings is 2. The number of nitrogens with one attached hydrogen (secondary N) is 1. The Morgan fingerprint density at radius 2 is 1.65 bits per heavy atom. The van der Waals surface area contributed by atoms with E-state index in [1.54, 1.807) is 42.5 Å². The van der Waals surface area contributed by atoms with Crippen LogP contribution in [0.2, 0.25) is 10.0 Å². The Morgan fingerprint density at radius 1 is 1.04 bits per heavy atom. The molecule has 0 fully saturated rings. The Bertz CT molecular complexity index is 863. The fourth-order valence-electron chi connectivity index (χ4n) is 2.83. The van der Waals surface area contributed by atoms with Crippen molar-refractivity contribution >= 4 is 40.9 Å². The van der Waals surface area contributed by atoms with E-state index in [9.17, 15) is 14.4 Å². The van der Waals surface area contributed by atoms with Crippen molar-refractivity contribution in [1.29, 1.82) is 0 Å². The van der Waals surface area contributed by atoms with Crippen molar-refractivity contribution in [2.24, 2.45) is 0 Å². The fraction of sp³-hybridized carbons (Fsp3) is 0.211. The number of nitrogens with zero attached hydrogens (tertiary/aromatic N) is 1. The van der Waals surface area contributed by atoms with Crippen molar-refractivity contribution in [3.8, 4) is 0 Å². The Morgan fingerprint density at radius 3 is 2.23 bits per heavy atom. The lowest BCUT2D eigenvalue weighted by Crippen LogP contribution is -2.35. The Balaban J connectivity index is 1.59. The fourth-order valence-corrected chi connectivity index (χ4v) is 3.14. The highest BCUT2D eigenvalue weighted by molar-refractivity contribution is 6.42. The average Bonchev–Trinajstić information content (AvgIpc) is 2.86. The summed E-state index contributed by atoms with van der Waals surface area (Å²) in [6, 6.07) is 11.5. The van der Waals surface area contributed by atoms with E-state index in [-0.39, 0.29) is 36.7 Å². The van der Waals surface area contributed by atoms with Gasteiger partial charge in [-0.15, -0.1) is 0 Å². The largest absolute Gasteiger partial charge is 0.350 e. The predicted octanol–water partition coefficient (Wildman–Crippen LogP) is 3.86. The molecule has 0 aliphatic carbocycles. The lowest BCUT2D eigenvalue weighted by molar-refractivity contribution is -0.121. The molecule has 1 aliphatic heterocycles. The molecule has 2 aromatic carbocycles. The van der Waals surface area contributed by atoms with Gasteiger partial charge in [0.15, 0.2) is 0 Å². The predicted molar refractivity (Wildman–Crippen MR) is 99.4 cm³/mol. The van der Waals surface area contributed by atoms with Crippen LogP contribution in [0, 0.1) is 0 Å². The maximum atomic E-state index is 12.3. The van der Waals surface area contributed by atoms with Gasteiger partial charge in [0, 0.05) is 13.0 Å². The zero-order valence-corrected chi connectivity index (χ0v) is 15.5. The third kappa shape index (κ3) is 3.59. The molecule has 1 aliphatic rings. The smallest absolute Gasteiger partial charge is 0.261 e. The lowest BCUT2D eigenvalue weighted by atomic mass is 10.1. The molecule has 1 heterocycles. The molecule has 0 saturated carbocycles. The summed E-state index contributed by atoms with van der Waals surface area (Å²) in [5, 5.41) is 3.68. The van der Waals surface area contributed by atoms with Crippen molar-refractivity contribution < 1.29 is 14.4 Å². The SMILES string of the molecule is C[C@H](NC(=O)CCN1C(=O)c2ccccc2C1=O)c1ccc(Cl)c(Cl)c1. The number of hydrogen-bond acceptors (Lipinski definition) is 3. The van der Waals surface area contributed by atoms with E-state index >= 15 is 0 Å². The lowest BCUT2D eigenvalue weighted by Gasteiger charge is -2.17. The second-order valence-corrected chi connectivity index (χ2v) is 6.83. The van der Waals surface area contributed by atoms with E-state index in [1.165, 1.54) is 0 Å². The van der Waals surface area contributed by atoms with Crippen molar-refractivity contribution in [2.75, 3.05) is 6.54 Å². The zero-order valence-electron chi connectivity index (χ0n) is 14.0. The first-order valence-electron chi connectivity index (χ1n) is 8.08. The van der Waals surface area contributed by atoms with Gasteiger partial charge in [0.25, 0.3) is 11.8 Å². The van der Waals surface area contributed by atoms with E-state index in [0.29, 0.717) is 21.2 Å². The van der Waals surface area contributed by atoms with Gasteiger partial charge in [-0.25, -0.2) is 0 Å². The molecule has 3 rings (SSSR count). The van der Waals surface area contributed by atoms with Crippen molar-refractivity contribution in [3.63, 3.8) is 0 Å². The number of carbonyl (C=O) groups excluding carboxylic acids is 3. The van der Waals surface area contributed by atoms with Crippen LogP contribution in [0.4, 0.5) is 0 Å². The van der Waals surface area contributed by atoms with Crippen LogP contribution in [0.15, 0.2) is 42.5 Å². The third-order valence-corrected chi connectivity index (χ3v) is 5.00. The summed E-state index contributed by atoms with van der Waals surface area (Å²) < 4.78 is 0. The van der Waals surface area contributed by atoms with Gasteiger partial charge in [0.05, 0.1) is 27.2 Å². The molecule has 0 unspecified atom stereocenters. The molecule has 7 heteroatoms. The van der Waals surface area contributed by atoms with Crippen molar-refractivity contribution in [1.82, 2.24) is 10.2 Å². The van der Waals surface area contributed by atoms with Gasteiger partial charge in [-0.3, -0.25) is 19.3 Å². The summed E-state index contributed by atoms with van der Waals surface area (Å²) >= 11 is 11.9. The normalized spacial score (nSPS) is 14.3. The molecule has 5 nitrogen and oxygen atoms in total. The maximum Gasteiger partial charge on any atom is 0.261 e. The monoisotopic (exact) mass is 390 g/mol. The van der Waals surface area contributed by atoms with Crippen molar-refractivity contribution in [3.05, 3.63) is 69.2 Å². The van der Waals surface area contributed by atoms with Gasteiger partial charge in [0.2, 0.25) is 5.91 Å². The van der Waals surface area contributed by atoms with Crippen LogP contribution in [0.5, 0.6) is 0 Å². The van der Waals surface area contributed by atoms with E-state index in [0.717, 1.165) is 10.5 Å². The highest BCUT2D eigenvalue weighted by Crippen LogP contribution is 2.26. The molecule has 2 aromatic rings. The first-order chi connectivity index (χ1) is 12.4. The number of rotatable bonds is 5. The van der Waals surface area contributed by atoms with Crippen LogP contribution >= 0.6 is 23.2 Å². The van der Waals surface area contributed by atoms with Crippen LogP contribution in [0.1, 0.15) is 45.7 Å². The number of halogens is 2. The van der Waals surface area contributed by atoms with Gasteiger partial charge >= 0.3 is 0 Å². The highest BCUT2D eigenvalue weighted by atomic mass is 35.5. The number of carbonyl (C=O) groups is 3. The minimum atomic E-state index is -0.365. The van der Waals surface area contributed by atoms with E-state index in [1.807, 2.05) is 6.92 Å². The summed E-state index contributed by atoms with van der Waals surface area (Å²) in [4.78, 5) is 37.9. The molecule has 0 spiro atoms. The number of fused-ring (bicyclic) bond motifs is 1. The summed E-state index contributed by atoms with van der Waals surface area (Å²) in [7, 11) is 0. The Labute approximate surface area is 160 Å². The van der Waals surface area contributed by atoms with Crippen LogP contribution in [0.25, 0.3) is 0 Å². The molecule has 1 atom stereocenters. The van der Waals surface area contributed by atoms with Gasteiger partial charge in [-0.05, 0) is 36.8 Å². The molecular weight excluding hydrogens is 375 g/mol. The number of imide groups is 1. The molecule has 26 heavy (non-hydrogen) atoms. The second-order valence-electron chi connectivity index (χ2n) is 6.02. The van der Waals surface area contributed by atoms with E-state index in [2.05, 4.69) is 5.32 Å². The van der Waals surface area contributed by atoms with Crippen LogP contribution in [-0.4, -0.2) is 29.2 Å². The highest BCUT2D eigenvalue weighted by Gasteiger charge is 2.35. The molecular formula is C19H16Cl2N2O3. The van der Waals surface area contributed by atoms with Gasteiger partial charge < -0.3 is 5.32 Å². The minimum Gasteiger partial charge on any atom is -0.350 e. The first kappa shape index (κ1) is 18.4. The second kappa shape index (κ2) is 7.48. The topological polar surface area (TPSA) is 66.5 Å². The molecule has 0 saturated heterocycles. The van der Waals surface area contributed by atoms with Crippen LogP contribution in [-0.2, 0) is 4.79 Å². The number of hydrogen-bond donors (Lipinski definition) is 1. The van der Waals surface area contributed by atoms with Gasteiger partial charge in [-0.2, -0.15) is 0 Å². The molecule has 1 N–H and O–H groups in total. The molecule has 0 aromatic heterocycles.